The molecule has 7 nitrogen and oxygen atoms in total. The van der Waals surface area contributed by atoms with Crippen molar-refractivity contribution < 1.29 is 13.9 Å². The molecule has 1 unspecified atom stereocenters. The van der Waals surface area contributed by atoms with Crippen LogP contribution >= 0.6 is 30.9 Å². The predicted octanol–water partition coefficient (Wildman–Crippen LogP) is 1.90. The summed E-state index contributed by atoms with van der Waals surface area (Å²) in [6.07, 6.45) is 0.429. The Morgan fingerprint density at radius 1 is 1.35 bits per heavy atom. The van der Waals surface area contributed by atoms with Gasteiger partial charge in [-0.2, -0.15) is 0 Å². The largest absolute Gasteiger partial charge is 0.345 e. The smallest absolute Gasteiger partial charge is 0.339 e. The first-order chi connectivity index (χ1) is 12.5. The van der Waals surface area contributed by atoms with Gasteiger partial charge in [0.05, 0.1) is 18.8 Å². The molecule has 1 aliphatic rings. The lowest BCUT2D eigenvalue weighted by Crippen LogP contribution is -2.54. The van der Waals surface area contributed by atoms with E-state index in [1.165, 1.54) is 0 Å². The number of amides is 1. The number of hydrogen-bond donors (Lipinski definition) is 3. The molecule has 2 rings (SSSR count). The third kappa shape index (κ3) is 6.20. The van der Waals surface area contributed by atoms with E-state index in [0.717, 1.165) is 5.56 Å². The Labute approximate surface area is 164 Å². The molecule has 1 fully saturated rings. The molecule has 1 heterocycles. The maximum atomic E-state index is 13.1. The molecule has 1 aromatic carbocycles. The van der Waals surface area contributed by atoms with Crippen LogP contribution < -0.4 is 16.1 Å². The predicted molar refractivity (Wildman–Crippen MR) is 104 cm³/mol. The molecule has 26 heavy (non-hydrogen) atoms. The van der Waals surface area contributed by atoms with Gasteiger partial charge in [-0.05, 0) is 12.0 Å². The second-order valence-electron chi connectivity index (χ2n) is 5.96. The summed E-state index contributed by atoms with van der Waals surface area (Å²) >= 11 is 11.6. The highest BCUT2D eigenvalue weighted by molar-refractivity contribution is 7.54. The molecule has 0 radical (unpaired) electrons. The van der Waals surface area contributed by atoms with Crippen LogP contribution in [0.15, 0.2) is 30.3 Å². The van der Waals surface area contributed by atoms with E-state index < -0.39 is 19.9 Å². The van der Waals surface area contributed by atoms with E-state index in [1.54, 1.807) is 4.67 Å². The van der Waals surface area contributed by atoms with Crippen molar-refractivity contribution in [2.45, 2.75) is 25.0 Å². The standard InChI is InChI=1S/C16H25Cl2N4O3P/c17-7-9-22(10-8-18)26(24)21-15(6-11-25-26)20-16(23)14(19)12-13-4-2-1-3-5-13/h1-5,14-15H,6-12,19H2,(H,20,23)(H,21,24)/t14-,15-,26?/m0/s1. The number of carbonyl (C=O) groups is 1. The number of carbonyl (C=O) groups excluding carboxylic acids is 1. The third-order valence-electron chi connectivity index (χ3n) is 4.00. The second kappa shape index (κ2) is 10.6. The monoisotopic (exact) mass is 422 g/mol. The second-order valence-corrected chi connectivity index (χ2v) is 8.84. The van der Waals surface area contributed by atoms with Gasteiger partial charge in [0.25, 0.3) is 0 Å². The lowest BCUT2D eigenvalue weighted by Gasteiger charge is -2.37. The lowest BCUT2D eigenvalue weighted by molar-refractivity contribution is -0.123. The van der Waals surface area contributed by atoms with E-state index in [4.69, 9.17) is 33.5 Å². The molecule has 4 N–H and O–H groups in total. The highest BCUT2D eigenvalue weighted by Crippen LogP contribution is 2.49. The van der Waals surface area contributed by atoms with Gasteiger partial charge in [0.2, 0.25) is 5.91 Å². The van der Waals surface area contributed by atoms with Gasteiger partial charge < -0.3 is 15.6 Å². The minimum absolute atomic E-state index is 0.254. The zero-order chi connectivity index (χ0) is 19.0. The van der Waals surface area contributed by atoms with Crippen molar-refractivity contribution in [3.8, 4) is 0 Å². The molecular formula is C16H25Cl2N4O3P. The maximum absolute atomic E-state index is 13.1. The number of hydrogen-bond acceptors (Lipinski definition) is 4. The van der Waals surface area contributed by atoms with E-state index in [0.29, 0.717) is 37.7 Å². The third-order valence-corrected chi connectivity index (χ3v) is 6.65. The highest BCUT2D eigenvalue weighted by atomic mass is 35.5. The van der Waals surface area contributed by atoms with E-state index in [2.05, 4.69) is 10.4 Å². The van der Waals surface area contributed by atoms with Crippen LogP contribution in [0.4, 0.5) is 0 Å². The Morgan fingerprint density at radius 2 is 2.00 bits per heavy atom. The minimum atomic E-state index is -3.31. The van der Waals surface area contributed by atoms with Crippen molar-refractivity contribution in [1.29, 1.82) is 0 Å². The molecule has 0 spiro atoms. The molecular weight excluding hydrogens is 398 g/mol. The van der Waals surface area contributed by atoms with E-state index in [-0.39, 0.29) is 12.5 Å². The molecule has 0 aliphatic carbocycles. The van der Waals surface area contributed by atoms with Crippen molar-refractivity contribution in [2.75, 3.05) is 31.5 Å². The quantitative estimate of drug-likeness (QED) is 0.415. The minimum Gasteiger partial charge on any atom is -0.339 e. The Balaban J connectivity index is 1.94. The Bertz CT molecular complexity index is 617. The molecule has 1 saturated heterocycles. The summed E-state index contributed by atoms with van der Waals surface area (Å²) in [5.41, 5.74) is 6.99. The number of rotatable bonds is 9. The summed E-state index contributed by atoms with van der Waals surface area (Å²) < 4.78 is 20.1. The average Bonchev–Trinajstić information content (AvgIpc) is 2.62. The summed E-state index contributed by atoms with van der Waals surface area (Å²) in [6.45, 7) is 0.990. The van der Waals surface area contributed by atoms with Crippen LogP contribution in [0.25, 0.3) is 0 Å². The van der Waals surface area contributed by atoms with Crippen LogP contribution in [0.5, 0.6) is 0 Å². The van der Waals surface area contributed by atoms with Gasteiger partial charge in [0.15, 0.2) is 0 Å². The fourth-order valence-electron chi connectivity index (χ4n) is 2.67. The lowest BCUT2D eigenvalue weighted by atomic mass is 10.1. The van der Waals surface area contributed by atoms with Gasteiger partial charge in [0, 0.05) is 31.3 Å². The number of nitrogens with zero attached hydrogens (tertiary/aromatic N) is 1. The summed E-state index contributed by atoms with van der Waals surface area (Å²) in [5.74, 6) is 0.288. The number of alkyl halides is 2. The van der Waals surface area contributed by atoms with Crippen LogP contribution in [0.1, 0.15) is 12.0 Å². The fourth-order valence-corrected chi connectivity index (χ4v) is 5.38. The average molecular weight is 423 g/mol. The number of halogens is 2. The first-order valence-electron chi connectivity index (χ1n) is 8.48. The Morgan fingerprint density at radius 3 is 2.62 bits per heavy atom. The molecule has 1 aromatic rings. The van der Waals surface area contributed by atoms with Crippen LogP contribution in [0.3, 0.4) is 0 Å². The zero-order valence-corrected chi connectivity index (χ0v) is 16.8. The van der Waals surface area contributed by atoms with Gasteiger partial charge in [-0.15, -0.1) is 23.2 Å². The van der Waals surface area contributed by atoms with Crippen molar-refractivity contribution in [3.05, 3.63) is 35.9 Å². The van der Waals surface area contributed by atoms with Crippen molar-refractivity contribution in [2.24, 2.45) is 5.73 Å². The normalized spacial score (nSPS) is 24.4. The summed E-state index contributed by atoms with van der Waals surface area (Å²) in [4.78, 5) is 12.4. The number of nitrogens with one attached hydrogen (secondary N) is 2. The molecule has 3 atom stereocenters. The summed E-state index contributed by atoms with van der Waals surface area (Å²) in [6, 6.07) is 8.86. The highest BCUT2D eigenvalue weighted by Gasteiger charge is 2.38. The summed E-state index contributed by atoms with van der Waals surface area (Å²) in [7, 11) is -3.31. The Kier molecular flexibility index (Phi) is 8.84. The molecule has 0 bridgehead atoms. The molecule has 1 amide bonds. The first-order valence-corrected chi connectivity index (χ1v) is 11.1. The van der Waals surface area contributed by atoms with Crippen LogP contribution in [0.2, 0.25) is 0 Å². The van der Waals surface area contributed by atoms with Gasteiger partial charge in [-0.3, -0.25) is 9.36 Å². The maximum Gasteiger partial charge on any atom is 0.345 e. The van der Waals surface area contributed by atoms with E-state index >= 15 is 0 Å². The van der Waals surface area contributed by atoms with Crippen LogP contribution in [0, 0.1) is 0 Å². The van der Waals surface area contributed by atoms with Crippen LogP contribution in [-0.2, 0) is 20.3 Å². The molecule has 1 aliphatic heterocycles. The number of nitrogens with two attached hydrogens (primary N) is 1. The van der Waals surface area contributed by atoms with Gasteiger partial charge in [-0.25, -0.2) is 9.76 Å². The van der Waals surface area contributed by atoms with Gasteiger partial charge in [-0.1, -0.05) is 30.3 Å². The van der Waals surface area contributed by atoms with Gasteiger partial charge in [0.1, 0.15) is 0 Å². The molecule has 0 saturated carbocycles. The van der Waals surface area contributed by atoms with Crippen molar-refractivity contribution in [3.63, 3.8) is 0 Å². The van der Waals surface area contributed by atoms with E-state index in [1.807, 2.05) is 30.3 Å². The van der Waals surface area contributed by atoms with Crippen molar-refractivity contribution >= 4 is 36.8 Å². The molecule has 10 heteroatoms. The SMILES string of the molecule is N[C@@H](Cc1ccccc1)C(=O)N[C@@H]1CCOP(=O)(N(CCCl)CCCl)N1. The first kappa shape index (κ1) is 21.6. The van der Waals surface area contributed by atoms with E-state index in [9.17, 15) is 9.36 Å². The van der Waals surface area contributed by atoms with Crippen molar-refractivity contribution in [1.82, 2.24) is 15.1 Å². The Hall–Kier alpha value is -0.660. The topological polar surface area (TPSA) is 96.7 Å². The number of benzene rings is 1. The molecule has 146 valence electrons. The molecule has 0 aromatic heterocycles. The zero-order valence-electron chi connectivity index (χ0n) is 14.4. The fraction of sp³-hybridized carbons (Fsp3) is 0.562. The summed E-state index contributed by atoms with van der Waals surface area (Å²) in [5, 5.41) is 5.72. The van der Waals surface area contributed by atoms with Gasteiger partial charge >= 0.3 is 7.67 Å². The van der Waals surface area contributed by atoms with Crippen LogP contribution in [-0.4, -0.2) is 54.2 Å².